The van der Waals surface area contributed by atoms with Crippen molar-refractivity contribution in [1.82, 2.24) is 0 Å². The number of benzene rings is 1. The van der Waals surface area contributed by atoms with Crippen molar-refractivity contribution in [3.63, 3.8) is 0 Å². The Balaban J connectivity index is 2.34. The molecular formula is C12H18O3. The van der Waals surface area contributed by atoms with Gasteiger partial charge in [0, 0.05) is 0 Å². The molecular weight excluding hydrogens is 192 g/mol. The van der Waals surface area contributed by atoms with Crippen LogP contribution in [0.4, 0.5) is 0 Å². The van der Waals surface area contributed by atoms with E-state index in [0.717, 1.165) is 5.75 Å². The van der Waals surface area contributed by atoms with Gasteiger partial charge < -0.3 is 14.6 Å². The number of hydrogen-bond donors (Lipinski definition) is 1. The van der Waals surface area contributed by atoms with Crippen molar-refractivity contribution in [2.75, 3.05) is 26.4 Å². The van der Waals surface area contributed by atoms with Gasteiger partial charge in [0.15, 0.2) is 0 Å². The van der Waals surface area contributed by atoms with Gasteiger partial charge in [0.2, 0.25) is 0 Å². The Morgan fingerprint density at radius 3 is 2.67 bits per heavy atom. The maximum Gasteiger partial charge on any atom is 0.122 e. The largest absolute Gasteiger partial charge is 0.491 e. The molecule has 0 amide bonds. The minimum atomic E-state index is 0.0590. The molecule has 0 aliphatic rings. The zero-order valence-corrected chi connectivity index (χ0v) is 9.32. The van der Waals surface area contributed by atoms with E-state index < -0.39 is 0 Å². The minimum absolute atomic E-state index is 0.0590. The summed E-state index contributed by atoms with van der Waals surface area (Å²) in [6.07, 6.45) is 0. The van der Waals surface area contributed by atoms with E-state index in [2.05, 4.69) is 13.0 Å². The average Bonchev–Trinajstić information content (AvgIpc) is 2.24. The fraction of sp³-hybridized carbons (Fsp3) is 0.500. The molecule has 3 nitrogen and oxygen atoms in total. The summed E-state index contributed by atoms with van der Waals surface area (Å²) in [6.45, 7) is 5.56. The van der Waals surface area contributed by atoms with Crippen LogP contribution in [0.1, 0.15) is 11.1 Å². The molecule has 1 aromatic rings. The van der Waals surface area contributed by atoms with Crippen molar-refractivity contribution in [2.24, 2.45) is 0 Å². The number of hydrogen-bond acceptors (Lipinski definition) is 3. The second-order valence-corrected chi connectivity index (χ2v) is 3.38. The van der Waals surface area contributed by atoms with Crippen molar-refractivity contribution in [3.8, 4) is 5.75 Å². The van der Waals surface area contributed by atoms with Gasteiger partial charge in [-0.2, -0.15) is 0 Å². The zero-order chi connectivity index (χ0) is 11.1. The van der Waals surface area contributed by atoms with Gasteiger partial charge in [-0.05, 0) is 31.0 Å². The summed E-state index contributed by atoms with van der Waals surface area (Å²) in [7, 11) is 0. The van der Waals surface area contributed by atoms with Crippen molar-refractivity contribution in [1.29, 1.82) is 0 Å². The van der Waals surface area contributed by atoms with Gasteiger partial charge in [0.1, 0.15) is 12.4 Å². The molecule has 0 aliphatic heterocycles. The number of aliphatic hydroxyl groups is 1. The Bertz CT molecular complexity index is 297. The summed E-state index contributed by atoms with van der Waals surface area (Å²) in [5.74, 6) is 0.905. The summed E-state index contributed by atoms with van der Waals surface area (Å²) >= 11 is 0. The monoisotopic (exact) mass is 210 g/mol. The Kier molecular flexibility index (Phi) is 5.15. The highest BCUT2D eigenvalue weighted by Crippen LogP contribution is 2.20. The van der Waals surface area contributed by atoms with Gasteiger partial charge in [0.05, 0.1) is 19.8 Å². The van der Waals surface area contributed by atoms with Crippen LogP contribution >= 0.6 is 0 Å². The van der Waals surface area contributed by atoms with Gasteiger partial charge in [-0.3, -0.25) is 0 Å². The highest BCUT2D eigenvalue weighted by molar-refractivity contribution is 5.38. The van der Waals surface area contributed by atoms with Gasteiger partial charge in [0.25, 0.3) is 0 Å². The maximum absolute atomic E-state index is 8.50. The van der Waals surface area contributed by atoms with Crippen LogP contribution in [0.15, 0.2) is 18.2 Å². The number of aryl methyl sites for hydroxylation is 1. The SMILES string of the molecule is Cc1cccc(OCCOCCO)c1C. The lowest BCUT2D eigenvalue weighted by molar-refractivity contribution is 0.0703. The number of rotatable bonds is 6. The standard InChI is InChI=1S/C12H18O3/c1-10-4-3-5-12(11(10)2)15-9-8-14-7-6-13/h3-5,13H,6-9H2,1-2H3. The van der Waals surface area contributed by atoms with Crippen LogP contribution in [-0.4, -0.2) is 31.5 Å². The van der Waals surface area contributed by atoms with E-state index in [4.69, 9.17) is 14.6 Å². The lowest BCUT2D eigenvalue weighted by Crippen LogP contribution is -2.09. The van der Waals surface area contributed by atoms with E-state index >= 15 is 0 Å². The predicted molar refractivity (Wildman–Crippen MR) is 59.3 cm³/mol. The van der Waals surface area contributed by atoms with Crippen LogP contribution in [0.5, 0.6) is 5.75 Å². The Hall–Kier alpha value is -1.06. The van der Waals surface area contributed by atoms with E-state index in [1.807, 2.05) is 19.1 Å². The highest BCUT2D eigenvalue weighted by Gasteiger charge is 2.00. The zero-order valence-electron chi connectivity index (χ0n) is 9.32. The van der Waals surface area contributed by atoms with Crippen molar-refractivity contribution >= 4 is 0 Å². The van der Waals surface area contributed by atoms with Crippen molar-refractivity contribution in [2.45, 2.75) is 13.8 Å². The third-order valence-corrected chi connectivity index (χ3v) is 2.28. The Morgan fingerprint density at radius 1 is 1.13 bits per heavy atom. The molecule has 0 spiro atoms. The molecule has 0 heterocycles. The number of aliphatic hydroxyl groups excluding tert-OH is 1. The molecule has 84 valence electrons. The van der Waals surface area contributed by atoms with E-state index in [1.54, 1.807) is 0 Å². The van der Waals surface area contributed by atoms with Crippen LogP contribution in [0.3, 0.4) is 0 Å². The molecule has 0 aromatic heterocycles. The van der Waals surface area contributed by atoms with Crippen molar-refractivity contribution < 1.29 is 14.6 Å². The van der Waals surface area contributed by atoms with Gasteiger partial charge in [-0.25, -0.2) is 0 Å². The highest BCUT2D eigenvalue weighted by atomic mass is 16.5. The summed E-state index contributed by atoms with van der Waals surface area (Å²) in [6, 6.07) is 5.99. The molecule has 0 aliphatic carbocycles. The Labute approximate surface area is 90.6 Å². The normalized spacial score (nSPS) is 10.3. The lowest BCUT2D eigenvalue weighted by atomic mass is 10.1. The molecule has 15 heavy (non-hydrogen) atoms. The molecule has 0 saturated carbocycles. The molecule has 1 aromatic carbocycles. The average molecular weight is 210 g/mol. The van der Waals surface area contributed by atoms with Crippen LogP contribution < -0.4 is 4.74 Å². The summed E-state index contributed by atoms with van der Waals surface area (Å²) in [5, 5.41) is 8.50. The fourth-order valence-corrected chi connectivity index (χ4v) is 1.26. The second-order valence-electron chi connectivity index (χ2n) is 3.38. The van der Waals surface area contributed by atoms with Crippen LogP contribution in [-0.2, 0) is 4.74 Å². The molecule has 1 N–H and O–H groups in total. The predicted octanol–water partition coefficient (Wildman–Crippen LogP) is 1.69. The lowest BCUT2D eigenvalue weighted by Gasteiger charge is -2.10. The first-order chi connectivity index (χ1) is 7.25. The van der Waals surface area contributed by atoms with Gasteiger partial charge in [-0.15, -0.1) is 0 Å². The van der Waals surface area contributed by atoms with E-state index in [0.29, 0.717) is 19.8 Å². The van der Waals surface area contributed by atoms with Crippen LogP contribution in [0.2, 0.25) is 0 Å². The quantitative estimate of drug-likeness (QED) is 0.726. The summed E-state index contributed by atoms with van der Waals surface area (Å²) in [4.78, 5) is 0. The number of ether oxygens (including phenoxy) is 2. The molecule has 1 rings (SSSR count). The molecule has 0 saturated heterocycles. The topological polar surface area (TPSA) is 38.7 Å². The molecule has 0 bridgehead atoms. The maximum atomic E-state index is 8.50. The molecule has 0 fully saturated rings. The minimum Gasteiger partial charge on any atom is -0.491 e. The first-order valence-corrected chi connectivity index (χ1v) is 5.13. The molecule has 0 unspecified atom stereocenters. The second kappa shape index (κ2) is 6.43. The van der Waals surface area contributed by atoms with Crippen molar-refractivity contribution in [3.05, 3.63) is 29.3 Å². The summed E-state index contributed by atoms with van der Waals surface area (Å²) < 4.78 is 10.7. The van der Waals surface area contributed by atoms with Crippen LogP contribution in [0.25, 0.3) is 0 Å². The smallest absolute Gasteiger partial charge is 0.122 e. The first-order valence-electron chi connectivity index (χ1n) is 5.13. The van der Waals surface area contributed by atoms with E-state index in [9.17, 15) is 0 Å². The van der Waals surface area contributed by atoms with E-state index in [-0.39, 0.29) is 6.61 Å². The fourth-order valence-electron chi connectivity index (χ4n) is 1.26. The van der Waals surface area contributed by atoms with E-state index in [1.165, 1.54) is 11.1 Å². The van der Waals surface area contributed by atoms with Gasteiger partial charge in [-0.1, -0.05) is 12.1 Å². The van der Waals surface area contributed by atoms with Gasteiger partial charge >= 0.3 is 0 Å². The summed E-state index contributed by atoms with van der Waals surface area (Å²) in [5.41, 5.74) is 2.39. The first kappa shape index (κ1) is 12.0. The molecule has 0 radical (unpaired) electrons. The van der Waals surface area contributed by atoms with Crippen LogP contribution in [0, 0.1) is 13.8 Å². The molecule has 3 heteroatoms. The third-order valence-electron chi connectivity index (χ3n) is 2.28. The molecule has 0 atom stereocenters. The Morgan fingerprint density at radius 2 is 1.93 bits per heavy atom. The third kappa shape index (κ3) is 3.90.